The third kappa shape index (κ3) is 42.2. The molecular weight excluding hydrogens is 367 g/mol. The molecule has 0 rings (SSSR count). The van der Waals surface area contributed by atoms with Gasteiger partial charge >= 0.3 is 18.9 Å². The van der Waals surface area contributed by atoms with Gasteiger partial charge in [-0.05, 0) is 19.8 Å². The number of hydrogen-bond acceptors (Lipinski definition) is 3. The van der Waals surface area contributed by atoms with E-state index in [0.717, 1.165) is 20.1 Å². The van der Waals surface area contributed by atoms with E-state index < -0.39 is 5.97 Å². The van der Waals surface area contributed by atoms with Crippen molar-refractivity contribution in [2.24, 2.45) is 0 Å². The molecule has 0 aromatic heterocycles. The Morgan fingerprint density at radius 3 is 0.967 bits per heavy atom. The summed E-state index contributed by atoms with van der Waals surface area (Å²) in [5.74, 6) is -1.08. The van der Waals surface area contributed by atoms with E-state index in [1.807, 2.05) is 0 Å². The molecule has 0 spiro atoms. The molecule has 0 heterocycles. The van der Waals surface area contributed by atoms with Gasteiger partial charge in [0.25, 0.3) is 0 Å². The SMILES string of the molecule is CC(=O)[O-].CCCCCCCCCCCCOCCCCCCCCCCCC.[Li+]. The molecule has 0 saturated carbocycles. The molecular formula is C26H53LiO3. The molecule has 0 atom stereocenters. The third-order valence-electron chi connectivity index (χ3n) is 5.28. The molecule has 0 aliphatic heterocycles. The first-order valence-corrected chi connectivity index (χ1v) is 12.9. The van der Waals surface area contributed by atoms with Crippen molar-refractivity contribution in [2.75, 3.05) is 13.2 Å². The van der Waals surface area contributed by atoms with Gasteiger partial charge < -0.3 is 14.6 Å². The monoisotopic (exact) mass is 420 g/mol. The molecule has 0 unspecified atom stereocenters. The van der Waals surface area contributed by atoms with Gasteiger partial charge in [0, 0.05) is 19.2 Å². The van der Waals surface area contributed by atoms with Crippen molar-refractivity contribution in [3.8, 4) is 0 Å². The summed E-state index contributed by atoms with van der Waals surface area (Å²) in [5.41, 5.74) is 0. The molecule has 0 radical (unpaired) electrons. The number of unbranched alkanes of at least 4 members (excludes halogenated alkanes) is 18. The van der Waals surface area contributed by atoms with Crippen molar-refractivity contribution in [1.29, 1.82) is 0 Å². The topological polar surface area (TPSA) is 49.4 Å². The quantitative estimate of drug-likeness (QED) is 0.190. The second-order valence-corrected chi connectivity index (χ2v) is 8.47. The minimum absolute atomic E-state index is 0. The summed E-state index contributed by atoms with van der Waals surface area (Å²) in [4.78, 5) is 8.89. The summed E-state index contributed by atoms with van der Waals surface area (Å²) in [7, 11) is 0. The van der Waals surface area contributed by atoms with Crippen LogP contribution in [0.5, 0.6) is 0 Å². The Balaban J connectivity index is -0.00000133. The van der Waals surface area contributed by atoms with Gasteiger partial charge in [0.2, 0.25) is 0 Å². The van der Waals surface area contributed by atoms with E-state index in [1.54, 1.807) is 0 Å². The van der Waals surface area contributed by atoms with Crippen LogP contribution in [0.3, 0.4) is 0 Å². The van der Waals surface area contributed by atoms with Gasteiger partial charge in [0.15, 0.2) is 0 Å². The standard InChI is InChI=1S/C24H50O.C2H4O2.Li/c1-3-5-7-9-11-13-15-17-19-21-23-25-24-22-20-18-16-14-12-10-8-6-4-2;1-2(3)4;/h3-24H2,1-2H3;1H3,(H,3,4);/q;;+1/p-1. The van der Waals surface area contributed by atoms with E-state index in [0.29, 0.717) is 0 Å². The van der Waals surface area contributed by atoms with E-state index in [-0.39, 0.29) is 18.9 Å². The van der Waals surface area contributed by atoms with Crippen molar-refractivity contribution in [3.63, 3.8) is 0 Å². The molecule has 0 aliphatic rings. The average molecular weight is 421 g/mol. The Bertz CT molecular complexity index is 272. The number of ether oxygens (including phenoxy) is 1. The summed E-state index contributed by atoms with van der Waals surface area (Å²) in [6, 6.07) is 0. The molecule has 0 saturated heterocycles. The first-order chi connectivity index (χ1) is 14.1. The Kier molecular flexibility index (Phi) is 38.9. The van der Waals surface area contributed by atoms with Crippen molar-refractivity contribution < 1.29 is 33.5 Å². The fraction of sp³-hybridized carbons (Fsp3) is 0.962. The minimum Gasteiger partial charge on any atom is -0.550 e. The maximum absolute atomic E-state index is 8.89. The van der Waals surface area contributed by atoms with Gasteiger partial charge in [-0.2, -0.15) is 0 Å². The molecule has 3 nitrogen and oxygen atoms in total. The summed E-state index contributed by atoms with van der Waals surface area (Å²) in [6.45, 7) is 7.54. The molecule has 0 bridgehead atoms. The molecule has 0 aromatic carbocycles. The van der Waals surface area contributed by atoms with E-state index >= 15 is 0 Å². The van der Waals surface area contributed by atoms with E-state index in [4.69, 9.17) is 14.6 Å². The average Bonchev–Trinajstić information content (AvgIpc) is 2.69. The summed E-state index contributed by atoms with van der Waals surface area (Å²) >= 11 is 0. The van der Waals surface area contributed by atoms with Gasteiger partial charge in [-0.25, -0.2) is 0 Å². The Morgan fingerprint density at radius 1 is 0.533 bits per heavy atom. The number of carbonyl (C=O) groups excluding carboxylic acids is 1. The van der Waals surface area contributed by atoms with Crippen LogP contribution in [-0.4, -0.2) is 19.2 Å². The molecule has 0 aromatic rings. The maximum Gasteiger partial charge on any atom is 1.00 e. The van der Waals surface area contributed by atoms with Crippen LogP contribution in [0.15, 0.2) is 0 Å². The number of hydrogen-bond donors (Lipinski definition) is 0. The fourth-order valence-corrected chi connectivity index (χ4v) is 3.49. The molecule has 0 aliphatic carbocycles. The van der Waals surface area contributed by atoms with Crippen LogP contribution in [0.4, 0.5) is 0 Å². The summed E-state index contributed by atoms with van der Waals surface area (Å²) < 4.78 is 5.78. The zero-order valence-electron chi connectivity index (χ0n) is 21.3. The van der Waals surface area contributed by atoms with E-state index in [9.17, 15) is 0 Å². The van der Waals surface area contributed by atoms with Crippen molar-refractivity contribution in [1.82, 2.24) is 0 Å². The van der Waals surface area contributed by atoms with Crippen LogP contribution in [0, 0.1) is 0 Å². The Hall–Kier alpha value is 0.0274. The third-order valence-corrected chi connectivity index (χ3v) is 5.28. The Morgan fingerprint density at radius 2 is 0.733 bits per heavy atom. The minimum atomic E-state index is -1.08. The van der Waals surface area contributed by atoms with Gasteiger partial charge in [-0.3, -0.25) is 0 Å². The first kappa shape index (κ1) is 34.6. The number of aliphatic carboxylic acids is 1. The van der Waals surface area contributed by atoms with Crippen molar-refractivity contribution >= 4 is 5.97 Å². The predicted octanol–water partition coefficient (Wildman–Crippen LogP) is 4.61. The van der Waals surface area contributed by atoms with Crippen molar-refractivity contribution in [2.45, 2.75) is 149 Å². The zero-order valence-corrected chi connectivity index (χ0v) is 21.3. The molecule has 0 N–H and O–H groups in total. The van der Waals surface area contributed by atoms with Gasteiger partial charge in [0.05, 0.1) is 0 Å². The zero-order chi connectivity index (χ0) is 21.8. The molecule has 4 heteroatoms. The maximum atomic E-state index is 8.89. The molecule has 176 valence electrons. The van der Waals surface area contributed by atoms with Crippen LogP contribution in [0.2, 0.25) is 0 Å². The second kappa shape index (κ2) is 33.7. The van der Waals surface area contributed by atoms with E-state index in [2.05, 4.69) is 13.8 Å². The predicted molar refractivity (Wildman–Crippen MR) is 125 cm³/mol. The van der Waals surface area contributed by atoms with Gasteiger partial charge in [-0.15, -0.1) is 0 Å². The normalized spacial score (nSPS) is 10.2. The first-order valence-electron chi connectivity index (χ1n) is 12.9. The van der Waals surface area contributed by atoms with Gasteiger partial charge in [-0.1, -0.05) is 129 Å². The molecule has 0 amide bonds. The summed E-state index contributed by atoms with van der Waals surface area (Å²) in [5, 5.41) is 8.89. The molecule has 30 heavy (non-hydrogen) atoms. The van der Waals surface area contributed by atoms with Crippen LogP contribution in [0.1, 0.15) is 149 Å². The largest absolute Gasteiger partial charge is 1.00 e. The van der Waals surface area contributed by atoms with E-state index in [1.165, 1.54) is 128 Å². The fourth-order valence-electron chi connectivity index (χ4n) is 3.49. The number of carbonyl (C=O) groups is 1. The van der Waals surface area contributed by atoms with Crippen LogP contribution in [0.25, 0.3) is 0 Å². The van der Waals surface area contributed by atoms with Crippen LogP contribution >= 0.6 is 0 Å². The second-order valence-electron chi connectivity index (χ2n) is 8.47. The number of carboxylic acids is 1. The number of rotatable bonds is 22. The smallest absolute Gasteiger partial charge is 0.550 e. The Labute approximate surface area is 201 Å². The number of carboxylic acid groups (broad SMARTS) is 1. The van der Waals surface area contributed by atoms with Crippen LogP contribution in [-0.2, 0) is 9.53 Å². The van der Waals surface area contributed by atoms with Gasteiger partial charge in [0.1, 0.15) is 0 Å². The molecule has 0 fully saturated rings. The van der Waals surface area contributed by atoms with Crippen LogP contribution < -0.4 is 24.0 Å². The summed E-state index contributed by atoms with van der Waals surface area (Å²) in [6.07, 6.45) is 28.2. The van der Waals surface area contributed by atoms with Crippen molar-refractivity contribution in [3.05, 3.63) is 0 Å².